The summed E-state index contributed by atoms with van der Waals surface area (Å²) in [7, 11) is 0. The zero-order chi connectivity index (χ0) is 21.8. The predicted molar refractivity (Wildman–Crippen MR) is 111 cm³/mol. The van der Waals surface area contributed by atoms with E-state index in [1.165, 1.54) is 13.0 Å². The first-order valence-corrected chi connectivity index (χ1v) is 9.38. The summed E-state index contributed by atoms with van der Waals surface area (Å²) in [6, 6.07) is 5.02. The van der Waals surface area contributed by atoms with Crippen LogP contribution in [0.3, 0.4) is 0 Å². The third kappa shape index (κ3) is 9.16. The first-order chi connectivity index (χ1) is 13.8. The molecule has 0 aliphatic heterocycles. The lowest BCUT2D eigenvalue weighted by atomic mass is 10.1. The van der Waals surface area contributed by atoms with Crippen LogP contribution in [0.25, 0.3) is 0 Å². The number of nitrogens with one attached hydrogen (secondary N) is 4. The van der Waals surface area contributed by atoms with E-state index >= 15 is 0 Å². The van der Waals surface area contributed by atoms with E-state index in [0.717, 1.165) is 5.56 Å². The zero-order valence-corrected chi connectivity index (χ0v) is 16.9. The highest BCUT2D eigenvalue weighted by molar-refractivity contribution is 6.30. The Kier molecular flexibility index (Phi) is 10.3. The van der Waals surface area contributed by atoms with Crippen molar-refractivity contribution in [3.8, 4) is 0 Å². The van der Waals surface area contributed by atoms with Gasteiger partial charge in [0.1, 0.15) is 12.1 Å². The number of benzene rings is 1. The Morgan fingerprint density at radius 3 is 2.31 bits per heavy atom. The second-order valence-electron chi connectivity index (χ2n) is 6.33. The fraction of sp³-hybridized carbons (Fsp3) is 0.350. The van der Waals surface area contributed by atoms with Gasteiger partial charge >= 0.3 is 0 Å². The maximum absolute atomic E-state index is 12.6. The fourth-order valence-electron chi connectivity index (χ4n) is 2.46. The minimum absolute atomic E-state index is 0.0211. The van der Waals surface area contributed by atoms with Crippen LogP contribution in [0.5, 0.6) is 0 Å². The molecular weight excluding hydrogens is 396 g/mol. The Bertz CT molecular complexity index is 764. The van der Waals surface area contributed by atoms with Gasteiger partial charge < -0.3 is 21.4 Å². The Hall–Kier alpha value is -3.00. The van der Waals surface area contributed by atoms with Gasteiger partial charge in [-0.05, 0) is 30.5 Å². The summed E-state index contributed by atoms with van der Waals surface area (Å²) in [5.74, 6) is -1.89. The molecule has 3 amide bonds. The Balaban J connectivity index is 2.82. The van der Waals surface area contributed by atoms with Crippen LogP contribution in [-0.4, -0.2) is 41.8 Å². The van der Waals surface area contributed by atoms with Crippen LogP contribution in [0, 0.1) is 5.41 Å². The van der Waals surface area contributed by atoms with Gasteiger partial charge in [-0.15, -0.1) is 6.58 Å². The lowest BCUT2D eigenvalue weighted by Crippen LogP contribution is -2.53. The topological polar surface area (TPSA) is 128 Å². The molecule has 0 heterocycles. The first kappa shape index (κ1) is 24.0. The van der Waals surface area contributed by atoms with Crippen molar-refractivity contribution in [1.29, 1.82) is 5.41 Å². The first-order valence-electron chi connectivity index (χ1n) is 9.00. The van der Waals surface area contributed by atoms with Crippen LogP contribution in [-0.2, 0) is 25.7 Å². The van der Waals surface area contributed by atoms with Gasteiger partial charge in [0.15, 0.2) is 5.78 Å². The van der Waals surface area contributed by atoms with Crippen LogP contribution in [0.2, 0.25) is 5.02 Å². The standard InChI is InChI=1S/C20H25ClN4O4/c1-3-4-17(24-13(2)26)20(29)25-18(10-9-16(27)11-22)19(28)23-12-14-5-7-15(21)8-6-14/h3,5-8,11,17-18,22H,1,4,9-10,12H2,2H3,(H,23,28)(H,24,26)(H,25,29)/t17-,18-/m0/s1. The van der Waals surface area contributed by atoms with Gasteiger partial charge in [-0.25, -0.2) is 0 Å². The molecule has 0 saturated heterocycles. The van der Waals surface area contributed by atoms with E-state index < -0.39 is 35.6 Å². The highest BCUT2D eigenvalue weighted by atomic mass is 35.5. The quantitative estimate of drug-likeness (QED) is 0.302. The molecular formula is C20H25ClN4O4. The van der Waals surface area contributed by atoms with Crippen molar-refractivity contribution in [2.75, 3.05) is 0 Å². The van der Waals surface area contributed by atoms with Crippen molar-refractivity contribution in [2.24, 2.45) is 0 Å². The Labute approximate surface area is 174 Å². The van der Waals surface area contributed by atoms with E-state index in [-0.39, 0.29) is 25.8 Å². The van der Waals surface area contributed by atoms with Crippen LogP contribution < -0.4 is 16.0 Å². The van der Waals surface area contributed by atoms with E-state index in [4.69, 9.17) is 17.0 Å². The van der Waals surface area contributed by atoms with E-state index in [2.05, 4.69) is 22.5 Å². The molecule has 0 aromatic heterocycles. The summed E-state index contributed by atoms with van der Waals surface area (Å²) < 4.78 is 0. The van der Waals surface area contributed by atoms with Gasteiger partial charge in [-0.1, -0.05) is 29.8 Å². The predicted octanol–water partition coefficient (Wildman–Crippen LogP) is 1.52. The number of carbonyl (C=O) groups is 4. The lowest BCUT2D eigenvalue weighted by Gasteiger charge is -2.22. The molecule has 8 nitrogen and oxygen atoms in total. The van der Waals surface area contributed by atoms with Crippen LogP contribution in [0.15, 0.2) is 36.9 Å². The molecule has 0 fully saturated rings. The molecule has 0 aliphatic carbocycles. The van der Waals surface area contributed by atoms with Gasteiger partial charge in [0.05, 0.1) is 6.21 Å². The summed E-state index contributed by atoms with van der Waals surface area (Å²) in [6.07, 6.45) is 2.28. The second kappa shape index (κ2) is 12.5. The summed E-state index contributed by atoms with van der Waals surface area (Å²) in [4.78, 5) is 47.9. The third-order valence-electron chi connectivity index (χ3n) is 3.95. The molecule has 0 radical (unpaired) electrons. The molecule has 1 rings (SSSR count). The minimum Gasteiger partial charge on any atom is -0.350 e. The SMILES string of the molecule is C=CC[C@H](NC(C)=O)C(=O)N[C@@H](CCC(=O)C=N)C(=O)NCc1ccc(Cl)cc1. The second-order valence-corrected chi connectivity index (χ2v) is 6.77. The lowest BCUT2D eigenvalue weighted by molar-refractivity contribution is -0.132. The van der Waals surface area contributed by atoms with Crippen molar-refractivity contribution >= 4 is 41.3 Å². The number of hydrogen-bond acceptors (Lipinski definition) is 5. The average Bonchev–Trinajstić information content (AvgIpc) is 2.69. The number of Topliss-reactive ketones (excluding diaryl/α,β-unsaturated/α-hetero) is 1. The molecule has 29 heavy (non-hydrogen) atoms. The Morgan fingerprint density at radius 2 is 1.76 bits per heavy atom. The summed E-state index contributed by atoms with van der Waals surface area (Å²) in [5, 5.41) is 15.3. The van der Waals surface area contributed by atoms with Crippen molar-refractivity contribution in [3.63, 3.8) is 0 Å². The summed E-state index contributed by atoms with van der Waals surface area (Å²) in [5.41, 5.74) is 0.811. The largest absolute Gasteiger partial charge is 0.350 e. The van der Waals surface area contributed by atoms with Gasteiger partial charge in [0, 0.05) is 24.9 Å². The molecule has 0 spiro atoms. The molecule has 0 bridgehead atoms. The van der Waals surface area contributed by atoms with E-state index in [0.29, 0.717) is 11.2 Å². The van der Waals surface area contributed by atoms with Crippen molar-refractivity contribution in [1.82, 2.24) is 16.0 Å². The minimum atomic E-state index is -1.00. The number of rotatable bonds is 12. The van der Waals surface area contributed by atoms with Crippen LogP contribution >= 0.6 is 11.6 Å². The number of ketones is 1. The van der Waals surface area contributed by atoms with Crippen molar-refractivity contribution in [3.05, 3.63) is 47.5 Å². The van der Waals surface area contributed by atoms with Gasteiger partial charge in [-0.2, -0.15) is 0 Å². The van der Waals surface area contributed by atoms with Crippen molar-refractivity contribution < 1.29 is 19.2 Å². The van der Waals surface area contributed by atoms with E-state index in [1.807, 2.05) is 0 Å². The number of hydrogen-bond donors (Lipinski definition) is 4. The highest BCUT2D eigenvalue weighted by Gasteiger charge is 2.25. The number of halogens is 1. The van der Waals surface area contributed by atoms with Gasteiger partial charge in [-0.3, -0.25) is 19.2 Å². The number of carbonyl (C=O) groups excluding carboxylic acids is 4. The van der Waals surface area contributed by atoms with E-state index in [1.54, 1.807) is 24.3 Å². The molecule has 0 saturated carbocycles. The molecule has 2 atom stereocenters. The van der Waals surface area contributed by atoms with Crippen LogP contribution in [0.4, 0.5) is 0 Å². The number of amides is 3. The smallest absolute Gasteiger partial charge is 0.243 e. The maximum Gasteiger partial charge on any atom is 0.243 e. The van der Waals surface area contributed by atoms with Crippen LogP contribution in [0.1, 0.15) is 31.7 Å². The normalized spacial score (nSPS) is 12.2. The molecule has 9 heteroatoms. The van der Waals surface area contributed by atoms with E-state index in [9.17, 15) is 19.2 Å². The Morgan fingerprint density at radius 1 is 1.10 bits per heavy atom. The third-order valence-corrected chi connectivity index (χ3v) is 4.20. The monoisotopic (exact) mass is 420 g/mol. The maximum atomic E-state index is 12.6. The molecule has 4 N–H and O–H groups in total. The van der Waals surface area contributed by atoms with Crippen molar-refractivity contribution in [2.45, 2.75) is 44.8 Å². The fourth-order valence-corrected chi connectivity index (χ4v) is 2.58. The molecule has 156 valence electrons. The molecule has 0 unspecified atom stereocenters. The van der Waals surface area contributed by atoms with Gasteiger partial charge in [0.2, 0.25) is 17.7 Å². The zero-order valence-electron chi connectivity index (χ0n) is 16.2. The average molecular weight is 421 g/mol. The summed E-state index contributed by atoms with van der Waals surface area (Å²) in [6.45, 7) is 5.05. The molecule has 1 aromatic rings. The molecule has 0 aliphatic rings. The van der Waals surface area contributed by atoms with Gasteiger partial charge in [0.25, 0.3) is 0 Å². The summed E-state index contributed by atoms with van der Waals surface area (Å²) >= 11 is 5.84. The molecule has 1 aromatic carbocycles. The highest BCUT2D eigenvalue weighted by Crippen LogP contribution is 2.09.